The zero-order valence-corrected chi connectivity index (χ0v) is 18.6. The van der Waals surface area contributed by atoms with E-state index in [1.54, 1.807) is 13.8 Å². The quantitative estimate of drug-likeness (QED) is 0.368. The van der Waals surface area contributed by atoms with E-state index >= 15 is 0 Å². The third-order valence-electron chi connectivity index (χ3n) is 5.04. The molecule has 4 N–H and O–H groups in total. The Morgan fingerprint density at radius 3 is 2.47 bits per heavy atom. The summed E-state index contributed by atoms with van der Waals surface area (Å²) in [5.74, 6) is -0.904. The number of carbonyl (C=O) groups excluding carboxylic acids is 2. The fourth-order valence-corrected chi connectivity index (χ4v) is 3.50. The first-order chi connectivity index (χ1) is 15.3. The monoisotopic (exact) mass is 432 g/mol. The number of hydrogen-bond acceptors (Lipinski definition) is 5. The van der Waals surface area contributed by atoms with E-state index in [2.05, 4.69) is 15.3 Å². The lowest BCUT2D eigenvalue weighted by atomic mass is 10.1. The van der Waals surface area contributed by atoms with Crippen molar-refractivity contribution < 1.29 is 14.3 Å². The number of para-hydroxylation sites is 2. The smallest absolute Gasteiger partial charge is 0.306 e. The molecule has 3 rings (SSSR count). The molecule has 2 aromatic carbocycles. The van der Waals surface area contributed by atoms with Gasteiger partial charge in [-0.3, -0.25) is 14.6 Å². The second kappa shape index (κ2) is 10.4. The van der Waals surface area contributed by atoms with Crippen molar-refractivity contribution in [2.75, 3.05) is 6.61 Å². The van der Waals surface area contributed by atoms with Gasteiger partial charge in [0.25, 0.3) is 5.91 Å². The van der Waals surface area contributed by atoms with Gasteiger partial charge in [-0.2, -0.15) is 0 Å². The SMILES string of the molecule is CC(=Nc1ccccc1)C(NC(=O)COC(=O)CCc1c(C)[nH]c2ccccc12)=C(C)N. The number of aryl methyl sites for hydroxylation is 2. The van der Waals surface area contributed by atoms with Crippen LogP contribution in [0.15, 0.2) is 71.0 Å². The van der Waals surface area contributed by atoms with Crippen LogP contribution < -0.4 is 11.1 Å². The lowest BCUT2D eigenvalue weighted by Gasteiger charge is -2.12. The summed E-state index contributed by atoms with van der Waals surface area (Å²) >= 11 is 0. The number of esters is 1. The number of aliphatic imine (C=N–C) groups is 1. The number of nitrogens with two attached hydrogens (primary N) is 1. The summed E-state index contributed by atoms with van der Waals surface area (Å²) in [7, 11) is 0. The van der Waals surface area contributed by atoms with E-state index in [1.807, 2.05) is 61.5 Å². The molecule has 1 aromatic heterocycles. The number of carbonyl (C=O) groups is 2. The molecule has 0 saturated carbocycles. The number of nitrogens with zero attached hydrogens (tertiary/aromatic N) is 1. The summed E-state index contributed by atoms with van der Waals surface area (Å²) in [5, 5.41) is 3.79. The molecule has 0 spiro atoms. The van der Waals surface area contributed by atoms with E-state index in [4.69, 9.17) is 10.5 Å². The minimum absolute atomic E-state index is 0.184. The second-order valence-corrected chi connectivity index (χ2v) is 7.57. The number of hydrogen-bond donors (Lipinski definition) is 3. The number of ether oxygens (including phenoxy) is 1. The van der Waals surface area contributed by atoms with E-state index in [0.717, 1.165) is 27.8 Å². The standard InChI is InChI=1S/C25H28N4O3/c1-16(26)25(18(3)27-19-9-5-4-6-10-19)29-23(30)15-32-24(31)14-13-20-17(2)28-22-12-8-7-11-21(20)22/h4-12,28H,13-15,26H2,1-3H3,(H,29,30). The maximum atomic E-state index is 12.3. The van der Waals surface area contributed by atoms with Crippen molar-refractivity contribution >= 4 is 34.2 Å². The van der Waals surface area contributed by atoms with E-state index in [1.165, 1.54) is 0 Å². The third kappa shape index (κ3) is 5.85. The van der Waals surface area contributed by atoms with Crippen molar-refractivity contribution in [3.05, 3.63) is 77.2 Å². The Labute approximate surface area is 187 Å². The van der Waals surface area contributed by atoms with Crippen LogP contribution in [0.25, 0.3) is 10.9 Å². The lowest BCUT2D eigenvalue weighted by molar-refractivity contribution is -0.148. The van der Waals surface area contributed by atoms with Crippen LogP contribution in [0, 0.1) is 6.92 Å². The molecule has 0 fully saturated rings. The van der Waals surface area contributed by atoms with E-state index in [9.17, 15) is 9.59 Å². The average Bonchev–Trinajstić information content (AvgIpc) is 3.09. The number of fused-ring (bicyclic) bond motifs is 1. The van der Waals surface area contributed by atoms with Crippen molar-refractivity contribution in [1.29, 1.82) is 0 Å². The second-order valence-electron chi connectivity index (χ2n) is 7.57. The van der Waals surface area contributed by atoms with Crippen molar-refractivity contribution in [2.24, 2.45) is 10.7 Å². The zero-order chi connectivity index (χ0) is 23.1. The highest BCUT2D eigenvalue weighted by Gasteiger charge is 2.14. The van der Waals surface area contributed by atoms with Gasteiger partial charge in [-0.1, -0.05) is 36.4 Å². The molecule has 7 nitrogen and oxygen atoms in total. The molecule has 3 aromatic rings. The predicted octanol–water partition coefficient (Wildman–Crippen LogP) is 4.05. The molecule has 0 aliphatic heterocycles. The number of aromatic amines is 1. The molecule has 0 aliphatic carbocycles. The number of aromatic nitrogens is 1. The molecule has 7 heteroatoms. The van der Waals surface area contributed by atoms with Gasteiger partial charge in [0.1, 0.15) is 0 Å². The Balaban J connectivity index is 1.54. The van der Waals surface area contributed by atoms with Crippen molar-refractivity contribution in [3.63, 3.8) is 0 Å². The molecule has 32 heavy (non-hydrogen) atoms. The lowest BCUT2D eigenvalue weighted by Crippen LogP contribution is -2.32. The van der Waals surface area contributed by atoms with Crippen molar-refractivity contribution in [3.8, 4) is 0 Å². The van der Waals surface area contributed by atoms with Gasteiger partial charge in [-0.15, -0.1) is 0 Å². The zero-order valence-electron chi connectivity index (χ0n) is 18.6. The van der Waals surface area contributed by atoms with Gasteiger partial charge in [0.05, 0.1) is 17.1 Å². The summed E-state index contributed by atoms with van der Waals surface area (Å²) in [6, 6.07) is 17.3. The number of amides is 1. The molecular formula is C25H28N4O3. The van der Waals surface area contributed by atoms with Crippen LogP contribution in [-0.4, -0.2) is 29.2 Å². The highest BCUT2D eigenvalue weighted by Crippen LogP contribution is 2.23. The summed E-state index contributed by atoms with van der Waals surface area (Å²) in [5.41, 5.74) is 11.2. The molecule has 166 valence electrons. The van der Waals surface area contributed by atoms with E-state index in [0.29, 0.717) is 23.5 Å². The summed E-state index contributed by atoms with van der Waals surface area (Å²) in [6.07, 6.45) is 0.718. The molecule has 1 heterocycles. The molecule has 0 saturated heterocycles. The van der Waals surface area contributed by atoms with Gasteiger partial charge < -0.3 is 20.8 Å². The first kappa shape index (κ1) is 22.8. The van der Waals surface area contributed by atoms with Crippen molar-refractivity contribution in [2.45, 2.75) is 33.6 Å². The van der Waals surface area contributed by atoms with Gasteiger partial charge in [-0.25, -0.2) is 0 Å². The van der Waals surface area contributed by atoms with Gasteiger partial charge in [-0.05, 0) is 51.0 Å². The number of rotatable bonds is 8. The summed E-state index contributed by atoms with van der Waals surface area (Å²) in [6.45, 7) is 5.03. The molecule has 0 bridgehead atoms. The first-order valence-corrected chi connectivity index (χ1v) is 10.4. The summed E-state index contributed by atoms with van der Waals surface area (Å²) < 4.78 is 5.17. The number of benzene rings is 2. The minimum atomic E-state index is -0.468. The van der Waals surface area contributed by atoms with Crippen LogP contribution in [0.1, 0.15) is 31.5 Å². The van der Waals surface area contributed by atoms with Gasteiger partial charge in [0, 0.05) is 28.7 Å². The van der Waals surface area contributed by atoms with Crippen LogP contribution in [0.4, 0.5) is 5.69 Å². The molecule has 0 unspecified atom stereocenters. The minimum Gasteiger partial charge on any atom is -0.456 e. The Hall–Kier alpha value is -3.87. The largest absolute Gasteiger partial charge is 0.456 e. The first-order valence-electron chi connectivity index (χ1n) is 10.4. The van der Waals surface area contributed by atoms with Crippen LogP contribution in [-0.2, 0) is 20.7 Å². The third-order valence-corrected chi connectivity index (χ3v) is 5.04. The number of H-pyrrole nitrogens is 1. The number of allylic oxidation sites excluding steroid dienone is 2. The highest BCUT2D eigenvalue weighted by molar-refractivity contribution is 6.03. The molecule has 0 aliphatic rings. The van der Waals surface area contributed by atoms with Crippen LogP contribution in [0.5, 0.6) is 0 Å². The predicted molar refractivity (Wildman–Crippen MR) is 127 cm³/mol. The molecule has 0 atom stereocenters. The topological polar surface area (TPSA) is 110 Å². The molecule has 1 amide bonds. The Morgan fingerprint density at radius 2 is 1.75 bits per heavy atom. The fraction of sp³-hybridized carbons (Fsp3) is 0.240. The van der Waals surface area contributed by atoms with Crippen LogP contribution in [0.3, 0.4) is 0 Å². The average molecular weight is 433 g/mol. The van der Waals surface area contributed by atoms with Gasteiger partial charge >= 0.3 is 5.97 Å². The maximum Gasteiger partial charge on any atom is 0.306 e. The fourth-order valence-electron chi connectivity index (χ4n) is 3.50. The van der Waals surface area contributed by atoms with Crippen molar-refractivity contribution in [1.82, 2.24) is 10.3 Å². The van der Waals surface area contributed by atoms with Gasteiger partial charge in [0.2, 0.25) is 0 Å². The van der Waals surface area contributed by atoms with Crippen LogP contribution >= 0.6 is 0 Å². The van der Waals surface area contributed by atoms with Gasteiger partial charge in [0.15, 0.2) is 6.61 Å². The Bertz CT molecular complexity index is 1170. The van der Waals surface area contributed by atoms with Crippen LogP contribution in [0.2, 0.25) is 0 Å². The van der Waals surface area contributed by atoms with E-state index in [-0.39, 0.29) is 13.0 Å². The Kier molecular flexibility index (Phi) is 7.44. The highest BCUT2D eigenvalue weighted by atomic mass is 16.5. The number of nitrogens with one attached hydrogen (secondary N) is 2. The maximum absolute atomic E-state index is 12.3. The molecular weight excluding hydrogens is 404 g/mol. The normalized spacial score (nSPS) is 12.4. The van der Waals surface area contributed by atoms with E-state index < -0.39 is 11.9 Å². The molecule has 0 radical (unpaired) electrons. The summed E-state index contributed by atoms with van der Waals surface area (Å²) in [4.78, 5) is 32.3. The Morgan fingerprint density at radius 1 is 1.06 bits per heavy atom.